The van der Waals surface area contributed by atoms with E-state index in [9.17, 15) is 52.8 Å². The van der Waals surface area contributed by atoms with Gasteiger partial charge in [0.05, 0.1) is 21.3 Å². The first kappa shape index (κ1) is 31.5. The molecule has 1 heterocycles. The van der Waals surface area contributed by atoms with Gasteiger partial charge in [-0.3, -0.25) is 0 Å². The Morgan fingerprint density at radius 2 is 1.13 bits per heavy atom. The predicted molar refractivity (Wildman–Crippen MR) is 115 cm³/mol. The van der Waals surface area contributed by atoms with Crippen molar-refractivity contribution in [1.29, 1.82) is 0 Å². The molecule has 39 heavy (non-hydrogen) atoms. The van der Waals surface area contributed by atoms with E-state index < -0.39 is 72.6 Å². The van der Waals surface area contributed by atoms with Crippen LogP contribution in [0.3, 0.4) is 0 Å². The van der Waals surface area contributed by atoms with Gasteiger partial charge >= 0.3 is 43.2 Å². The lowest BCUT2D eigenvalue weighted by atomic mass is 10.1. The fourth-order valence-electron chi connectivity index (χ4n) is 2.90. The summed E-state index contributed by atoms with van der Waals surface area (Å²) in [7, 11) is -10.9. The Morgan fingerprint density at radius 1 is 0.744 bits per heavy atom. The lowest BCUT2D eigenvalue weighted by Crippen LogP contribution is -2.30. The van der Waals surface area contributed by atoms with Crippen LogP contribution in [0.5, 0.6) is 17.2 Å². The zero-order valence-corrected chi connectivity index (χ0v) is 21.4. The van der Waals surface area contributed by atoms with Gasteiger partial charge in [0.25, 0.3) is 0 Å². The summed E-state index contributed by atoms with van der Waals surface area (Å²) in [5.74, 6) is -7.15. The number of methoxy groups -OCH3 is 3. The van der Waals surface area contributed by atoms with Crippen molar-refractivity contribution >= 4 is 32.2 Å². The summed E-state index contributed by atoms with van der Waals surface area (Å²) >= 11 is 0. The highest BCUT2D eigenvalue weighted by molar-refractivity contribution is 7.88. The summed E-state index contributed by atoms with van der Waals surface area (Å²) in [6, 6.07) is 5.83. The normalized spacial score (nSPS) is 12.5. The maximum absolute atomic E-state index is 13.1. The van der Waals surface area contributed by atoms with Crippen molar-refractivity contribution in [3.63, 3.8) is 0 Å². The summed E-state index contributed by atoms with van der Waals surface area (Å²) in [5.41, 5.74) is -14.9. The molecule has 0 aliphatic heterocycles. The largest absolute Gasteiger partial charge is 0.534 e. The first-order valence-electron chi connectivity index (χ1n) is 9.88. The number of carbonyl (C=O) groups is 2. The van der Waals surface area contributed by atoms with Crippen molar-refractivity contribution in [2.24, 2.45) is 0 Å². The molecular formula is C19H17F6NO11S2. The van der Waals surface area contributed by atoms with Crippen LogP contribution in [0.15, 0.2) is 24.3 Å². The zero-order valence-electron chi connectivity index (χ0n) is 19.7. The number of alkyl halides is 6. The van der Waals surface area contributed by atoms with Gasteiger partial charge in [0, 0.05) is 6.54 Å². The smallest absolute Gasteiger partial charge is 0.497 e. The summed E-state index contributed by atoms with van der Waals surface area (Å²) < 4.78 is 147. The number of carbonyl (C=O) groups excluding carboxylic acids is 2. The quantitative estimate of drug-likeness (QED) is 0.168. The number of nitrogens with zero attached hydrogens (tertiary/aromatic N) is 1. The van der Waals surface area contributed by atoms with Crippen molar-refractivity contribution in [3.05, 3.63) is 41.2 Å². The minimum atomic E-state index is -6.78. The lowest BCUT2D eigenvalue weighted by Gasteiger charge is -2.13. The number of esters is 2. The molecule has 0 atom stereocenters. The fourth-order valence-corrected chi connectivity index (χ4v) is 3.83. The van der Waals surface area contributed by atoms with Gasteiger partial charge in [-0.2, -0.15) is 43.2 Å². The molecule has 20 heteroatoms. The van der Waals surface area contributed by atoms with E-state index in [1.807, 2.05) is 0 Å². The van der Waals surface area contributed by atoms with Crippen molar-refractivity contribution in [1.82, 2.24) is 4.57 Å². The summed E-state index contributed by atoms with van der Waals surface area (Å²) in [4.78, 5) is 25.1. The molecule has 0 saturated carbocycles. The molecule has 0 aliphatic carbocycles. The Morgan fingerprint density at radius 3 is 1.44 bits per heavy atom. The first-order chi connectivity index (χ1) is 17.8. The molecule has 0 radical (unpaired) electrons. The Labute approximate surface area is 216 Å². The Bertz CT molecular complexity index is 1360. The third-order valence-electron chi connectivity index (χ3n) is 4.67. The Balaban J connectivity index is 2.93. The molecule has 0 N–H and O–H groups in total. The van der Waals surface area contributed by atoms with Crippen LogP contribution >= 0.6 is 0 Å². The molecule has 0 bridgehead atoms. The summed E-state index contributed by atoms with van der Waals surface area (Å²) in [6.07, 6.45) is -0.233. The average Bonchev–Trinajstić information content (AvgIpc) is 3.12. The number of hydrogen-bond acceptors (Lipinski definition) is 11. The highest BCUT2D eigenvalue weighted by atomic mass is 32.2. The molecule has 0 spiro atoms. The molecule has 1 aromatic carbocycles. The van der Waals surface area contributed by atoms with E-state index in [0.29, 0.717) is 30.1 Å². The van der Waals surface area contributed by atoms with Gasteiger partial charge < -0.3 is 27.1 Å². The van der Waals surface area contributed by atoms with E-state index in [0.717, 1.165) is 0 Å². The third-order valence-corrected chi connectivity index (χ3v) is 6.58. The molecule has 2 aromatic rings. The fraction of sp³-hybridized carbons (Fsp3) is 0.368. The molecule has 12 nitrogen and oxygen atoms in total. The van der Waals surface area contributed by atoms with Crippen LogP contribution in [0.1, 0.15) is 26.5 Å². The number of aromatic nitrogens is 1. The van der Waals surface area contributed by atoms with Crippen molar-refractivity contribution in [2.75, 3.05) is 21.3 Å². The first-order valence-corrected chi connectivity index (χ1v) is 12.7. The number of halogens is 6. The van der Waals surface area contributed by atoms with Crippen molar-refractivity contribution in [3.8, 4) is 17.2 Å². The standard InChI is InChI=1S/C19H17F6NO11S2/c1-33-11-6-4-10(5-7-11)8-9-26-12(16(27)34-2)14(36-38(29,30)18(20,21)22)15(13(26)17(28)35-3)37-39(31,32)19(23,24)25/h4-7H,8-9H2,1-3H3. The van der Waals surface area contributed by atoms with Crippen molar-refractivity contribution in [2.45, 2.75) is 24.0 Å². The van der Waals surface area contributed by atoms with E-state index in [1.165, 1.54) is 31.4 Å². The minimum absolute atomic E-state index is 0.233. The highest BCUT2D eigenvalue weighted by Crippen LogP contribution is 2.44. The molecule has 2 rings (SSSR count). The van der Waals surface area contributed by atoms with Crippen LogP contribution in [0.2, 0.25) is 0 Å². The van der Waals surface area contributed by atoms with Crippen LogP contribution < -0.4 is 13.1 Å². The third kappa shape index (κ3) is 6.67. The number of aryl methyl sites for hydroxylation is 1. The molecule has 218 valence electrons. The van der Waals surface area contributed by atoms with Gasteiger partial charge in [-0.25, -0.2) is 9.59 Å². The predicted octanol–water partition coefficient (Wildman–Crippen LogP) is 2.77. The Kier molecular flexibility index (Phi) is 9.06. The van der Waals surface area contributed by atoms with Crippen LogP contribution in [0.4, 0.5) is 26.3 Å². The van der Waals surface area contributed by atoms with Crippen LogP contribution in [-0.4, -0.2) is 65.7 Å². The SMILES string of the molecule is COC(=O)c1c(OS(=O)(=O)C(F)(F)F)c(OS(=O)(=O)C(F)(F)F)c(C(=O)OC)n1CCc1ccc(OC)cc1. The highest BCUT2D eigenvalue weighted by Gasteiger charge is 2.53. The van der Waals surface area contributed by atoms with Crippen LogP contribution in [-0.2, 0) is 42.7 Å². The minimum Gasteiger partial charge on any atom is -0.497 e. The van der Waals surface area contributed by atoms with Gasteiger partial charge in [0.2, 0.25) is 11.5 Å². The molecule has 0 unspecified atom stereocenters. The summed E-state index contributed by atoms with van der Waals surface area (Å²) in [6.45, 7) is -0.682. The average molecular weight is 613 g/mol. The van der Waals surface area contributed by atoms with E-state index in [2.05, 4.69) is 17.8 Å². The number of hydrogen-bond donors (Lipinski definition) is 0. The van der Waals surface area contributed by atoms with E-state index in [4.69, 9.17) is 4.74 Å². The second-order valence-electron chi connectivity index (χ2n) is 7.05. The monoisotopic (exact) mass is 613 g/mol. The number of benzene rings is 1. The zero-order chi connectivity index (χ0) is 30.0. The van der Waals surface area contributed by atoms with Gasteiger partial charge in [0.15, 0.2) is 11.4 Å². The van der Waals surface area contributed by atoms with E-state index in [-0.39, 0.29) is 6.42 Å². The van der Waals surface area contributed by atoms with Gasteiger partial charge in [-0.1, -0.05) is 12.1 Å². The maximum Gasteiger partial charge on any atom is 0.534 e. The molecule has 0 amide bonds. The van der Waals surface area contributed by atoms with E-state index in [1.54, 1.807) is 0 Å². The maximum atomic E-state index is 13.1. The Hall–Kier alpha value is -3.68. The van der Waals surface area contributed by atoms with Crippen molar-refractivity contribution < 1.29 is 75.3 Å². The number of rotatable bonds is 10. The molecule has 1 aromatic heterocycles. The van der Waals surface area contributed by atoms with Gasteiger partial charge in [-0.05, 0) is 24.1 Å². The lowest BCUT2D eigenvalue weighted by molar-refractivity contribution is -0.0513. The van der Waals surface area contributed by atoms with Crippen LogP contribution in [0, 0.1) is 0 Å². The second kappa shape index (κ2) is 11.2. The molecule has 0 fully saturated rings. The molecular weight excluding hydrogens is 596 g/mol. The molecule has 0 saturated heterocycles. The van der Waals surface area contributed by atoms with Gasteiger partial charge in [-0.15, -0.1) is 0 Å². The van der Waals surface area contributed by atoms with Crippen LogP contribution in [0.25, 0.3) is 0 Å². The number of ether oxygens (including phenoxy) is 3. The van der Waals surface area contributed by atoms with E-state index >= 15 is 0 Å². The second-order valence-corrected chi connectivity index (χ2v) is 10.1. The summed E-state index contributed by atoms with van der Waals surface area (Å²) in [5, 5.41) is 0. The molecule has 0 aliphatic rings. The van der Waals surface area contributed by atoms with Gasteiger partial charge in [0.1, 0.15) is 5.75 Å². The topological polar surface area (TPSA) is 153 Å².